The molecule has 30 heavy (non-hydrogen) atoms. The fourth-order valence-electron chi connectivity index (χ4n) is 3.49. The molecule has 0 unspecified atom stereocenters. The minimum absolute atomic E-state index is 0.0499. The third kappa shape index (κ3) is 3.37. The maximum Gasteiger partial charge on any atom is 0.259 e. The number of imidazole rings is 1. The van der Waals surface area contributed by atoms with Gasteiger partial charge in [0.25, 0.3) is 5.91 Å². The van der Waals surface area contributed by atoms with Crippen molar-refractivity contribution in [2.75, 3.05) is 5.32 Å². The highest BCUT2D eigenvalue weighted by Gasteiger charge is 2.17. The van der Waals surface area contributed by atoms with Gasteiger partial charge in [0.15, 0.2) is 5.78 Å². The number of aromatic amines is 1. The molecular formula is C23H17N5O2. The molecule has 0 saturated carbocycles. The number of rotatable bonds is 5. The van der Waals surface area contributed by atoms with Crippen LogP contribution in [0.3, 0.4) is 0 Å². The number of aromatic nitrogens is 3. The Morgan fingerprint density at radius 2 is 2.00 bits per heavy atom. The van der Waals surface area contributed by atoms with Gasteiger partial charge in [-0.05, 0) is 24.3 Å². The van der Waals surface area contributed by atoms with Gasteiger partial charge in [0.1, 0.15) is 5.52 Å². The van der Waals surface area contributed by atoms with E-state index >= 15 is 0 Å². The summed E-state index contributed by atoms with van der Waals surface area (Å²) in [4.78, 5) is 41.5. The molecule has 4 aromatic rings. The number of para-hydroxylation sites is 2. The summed E-state index contributed by atoms with van der Waals surface area (Å²) in [6.07, 6.45) is 6.12. The van der Waals surface area contributed by atoms with E-state index < -0.39 is 0 Å². The van der Waals surface area contributed by atoms with Crippen molar-refractivity contribution in [2.24, 2.45) is 4.99 Å². The Balaban J connectivity index is 1.40. The van der Waals surface area contributed by atoms with Crippen molar-refractivity contribution < 1.29 is 9.59 Å². The molecule has 2 aromatic heterocycles. The Morgan fingerprint density at radius 1 is 1.10 bits per heavy atom. The summed E-state index contributed by atoms with van der Waals surface area (Å²) in [6.45, 7) is 0. The lowest BCUT2D eigenvalue weighted by Crippen LogP contribution is -2.13. The third-order valence-corrected chi connectivity index (χ3v) is 4.98. The van der Waals surface area contributed by atoms with Crippen LogP contribution < -0.4 is 5.32 Å². The number of carbonyl (C=O) groups is 2. The number of pyridine rings is 1. The quantitative estimate of drug-likeness (QED) is 0.492. The Bertz CT molecular complexity index is 1370. The van der Waals surface area contributed by atoms with E-state index in [0.717, 1.165) is 16.6 Å². The molecule has 1 amide bonds. The molecule has 2 N–H and O–H groups in total. The van der Waals surface area contributed by atoms with Crippen LogP contribution in [0, 0.1) is 0 Å². The first-order chi connectivity index (χ1) is 14.7. The van der Waals surface area contributed by atoms with E-state index in [1.807, 2.05) is 36.4 Å². The number of nitrogens with one attached hydrogen (secondary N) is 2. The third-order valence-electron chi connectivity index (χ3n) is 4.98. The van der Waals surface area contributed by atoms with E-state index in [0.29, 0.717) is 28.6 Å². The van der Waals surface area contributed by atoms with Crippen LogP contribution >= 0.6 is 0 Å². The van der Waals surface area contributed by atoms with Crippen molar-refractivity contribution >= 4 is 45.3 Å². The van der Waals surface area contributed by atoms with Crippen LogP contribution in [0.1, 0.15) is 33.6 Å². The molecule has 7 heteroatoms. The van der Waals surface area contributed by atoms with Gasteiger partial charge < -0.3 is 4.98 Å². The summed E-state index contributed by atoms with van der Waals surface area (Å²) in [5.41, 5.74) is 3.80. The summed E-state index contributed by atoms with van der Waals surface area (Å²) in [7, 11) is 0. The first-order valence-corrected chi connectivity index (χ1v) is 9.56. The molecule has 0 atom stereocenters. The number of fused-ring (bicyclic) bond motifs is 2. The zero-order chi connectivity index (χ0) is 20.5. The van der Waals surface area contributed by atoms with Gasteiger partial charge in [-0.25, -0.2) is 4.98 Å². The first-order valence-electron chi connectivity index (χ1n) is 9.56. The van der Waals surface area contributed by atoms with Crippen molar-refractivity contribution in [1.29, 1.82) is 0 Å². The van der Waals surface area contributed by atoms with E-state index in [9.17, 15) is 9.59 Å². The van der Waals surface area contributed by atoms with E-state index in [4.69, 9.17) is 0 Å². The largest absolute Gasteiger partial charge is 0.324 e. The van der Waals surface area contributed by atoms with Crippen LogP contribution in [0.2, 0.25) is 0 Å². The second-order valence-corrected chi connectivity index (χ2v) is 7.04. The maximum atomic E-state index is 12.7. The summed E-state index contributed by atoms with van der Waals surface area (Å²) in [5, 5.41) is 3.64. The predicted molar refractivity (Wildman–Crippen MR) is 116 cm³/mol. The molecule has 1 aliphatic heterocycles. The molecule has 7 nitrogen and oxygen atoms in total. The number of hydrogen-bond acceptors (Lipinski definition) is 5. The minimum atomic E-state index is -0.327. The predicted octanol–water partition coefficient (Wildman–Crippen LogP) is 4.29. The van der Waals surface area contributed by atoms with Gasteiger partial charge in [0.05, 0.1) is 16.6 Å². The number of ketones is 1. The monoisotopic (exact) mass is 395 g/mol. The smallest absolute Gasteiger partial charge is 0.259 e. The van der Waals surface area contributed by atoms with E-state index in [-0.39, 0.29) is 24.1 Å². The fraction of sp³-hybridized carbons (Fsp3) is 0.0870. The van der Waals surface area contributed by atoms with E-state index in [1.165, 1.54) is 6.20 Å². The van der Waals surface area contributed by atoms with Crippen molar-refractivity contribution in [3.8, 4) is 0 Å². The molecule has 3 heterocycles. The highest BCUT2D eigenvalue weighted by atomic mass is 16.1. The van der Waals surface area contributed by atoms with Crippen molar-refractivity contribution in [3.63, 3.8) is 0 Å². The Hall–Kier alpha value is -4.13. The molecule has 146 valence electrons. The fourth-order valence-corrected chi connectivity index (χ4v) is 3.49. The number of allylic oxidation sites excluding steroid dienone is 1. The average Bonchev–Trinajstić information content (AvgIpc) is 3.42. The molecule has 0 bridgehead atoms. The van der Waals surface area contributed by atoms with Crippen molar-refractivity contribution in [3.05, 3.63) is 78.1 Å². The minimum Gasteiger partial charge on any atom is -0.324 e. The second kappa shape index (κ2) is 7.36. The molecule has 2 aromatic carbocycles. The molecule has 1 aliphatic rings. The zero-order valence-corrected chi connectivity index (χ0v) is 15.9. The summed E-state index contributed by atoms with van der Waals surface area (Å²) in [5.74, 6) is -0.0963. The van der Waals surface area contributed by atoms with Crippen LogP contribution in [-0.4, -0.2) is 32.4 Å². The molecule has 0 radical (unpaired) electrons. The van der Waals surface area contributed by atoms with Gasteiger partial charge in [-0.1, -0.05) is 30.3 Å². The molecular weight excluding hydrogens is 378 g/mol. The van der Waals surface area contributed by atoms with Crippen LogP contribution in [-0.2, 0) is 0 Å². The standard InChI is InChI=1S/C23H17N5O2/c29-20(12-16-6-4-10-24-16)17-7-3-9-19-21(17)27-23(26-19)28-22(30)15-11-14-5-1-2-8-18(14)25-13-15/h1-5,7-11,13H,6,12H2,(H2,26,27,28,30). The number of Topliss-reactive ketones (excluding diaryl/α,β-unsaturated/α-hetero) is 1. The van der Waals surface area contributed by atoms with Gasteiger partial charge in [0, 0.05) is 41.9 Å². The van der Waals surface area contributed by atoms with Gasteiger partial charge in [0.2, 0.25) is 5.95 Å². The summed E-state index contributed by atoms with van der Waals surface area (Å²) >= 11 is 0. The molecule has 5 rings (SSSR count). The normalized spacial score (nSPS) is 13.0. The Kier molecular flexibility index (Phi) is 4.40. The number of carbonyl (C=O) groups excluding carboxylic acids is 2. The number of aliphatic imine (C=N–C) groups is 1. The maximum absolute atomic E-state index is 12.7. The van der Waals surface area contributed by atoms with Gasteiger partial charge in [-0.3, -0.25) is 24.9 Å². The topological polar surface area (TPSA) is 100 Å². The van der Waals surface area contributed by atoms with Crippen LogP contribution in [0.5, 0.6) is 0 Å². The van der Waals surface area contributed by atoms with Crippen LogP contribution in [0.15, 0.2) is 72.0 Å². The SMILES string of the molecule is O=C(Nc1nc2c(C(=O)CC3=NC=CC3)cccc2[nH]1)c1cnc2ccccc2c1. The van der Waals surface area contributed by atoms with Crippen molar-refractivity contribution in [1.82, 2.24) is 15.0 Å². The Morgan fingerprint density at radius 3 is 2.87 bits per heavy atom. The van der Waals surface area contributed by atoms with E-state index in [2.05, 4.69) is 25.3 Å². The van der Waals surface area contributed by atoms with E-state index in [1.54, 1.807) is 24.4 Å². The molecule has 0 spiro atoms. The highest BCUT2D eigenvalue weighted by molar-refractivity contribution is 6.15. The highest BCUT2D eigenvalue weighted by Crippen LogP contribution is 2.22. The Labute approximate surface area is 171 Å². The van der Waals surface area contributed by atoms with Gasteiger partial charge >= 0.3 is 0 Å². The number of hydrogen-bond donors (Lipinski definition) is 2. The second-order valence-electron chi connectivity index (χ2n) is 7.04. The summed E-state index contributed by atoms with van der Waals surface area (Å²) in [6, 6.07) is 14.7. The molecule has 0 saturated heterocycles. The van der Waals surface area contributed by atoms with Crippen LogP contribution in [0.25, 0.3) is 21.9 Å². The number of H-pyrrole nitrogens is 1. The number of amides is 1. The van der Waals surface area contributed by atoms with Gasteiger partial charge in [-0.15, -0.1) is 0 Å². The van der Waals surface area contributed by atoms with Crippen LogP contribution in [0.4, 0.5) is 5.95 Å². The first kappa shape index (κ1) is 17.9. The number of nitrogens with zero attached hydrogens (tertiary/aromatic N) is 3. The molecule has 0 fully saturated rings. The lowest BCUT2D eigenvalue weighted by molar-refractivity contribution is 0.0999. The lowest BCUT2D eigenvalue weighted by Gasteiger charge is -2.03. The number of anilines is 1. The summed E-state index contributed by atoms with van der Waals surface area (Å²) < 4.78 is 0. The lowest BCUT2D eigenvalue weighted by atomic mass is 10.0. The molecule has 0 aliphatic carbocycles. The zero-order valence-electron chi connectivity index (χ0n) is 15.9. The van der Waals surface area contributed by atoms with Gasteiger partial charge in [-0.2, -0.15) is 0 Å². The van der Waals surface area contributed by atoms with Crippen molar-refractivity contribution in [2.45, 2.75) is 12.8 Å². The average molecular weight is 395 g/mol. The number of benzene rings is 2.